The summed E-state index contributed by atoms with van der Waals surface area (Å²) in [6.07, 6.45) is 4.02. The number of para-hydroxylation sites is 1. The molecule has 1 aliphatic rings. The summed E-state index contributed by atoms with van der Waals surface area (Å²) in [5, 5.41) is 1.21. The number of H-pyrrole nitrogens is 1. The second kappa shape index (κ2) is 7.74. The maximum absolute atomic E-state index is 12.4. The van der Waals surface area contributed by atoms with Crippen molar-refractivity contribution in [3.8, 4) is 11.5 Å². The normalized spacial score (nSPS) is 15.1. The molecule has 5 nitrogen and oxygen atoms in total. The molecule has 5 heteroatoms. The zero-order chi connectivity index (χ0) is 18.6. The Morgan fingerprint density at radius 1 is 1.11 bits per heavy atom. The number of hydrogen-bond donors (Lipinski definition) is 1. The first-order valence-corrected chi connectivity index (χ1v) is 9.35. The summed E-state index contributed by atoms with van der Waals surface area (Å²) in [4.78, 5) is 17.7. The fraction of sp³-hybridized carbons (Fsp3) is 0.318. The lowest BCUT2D eigenvalue weighted by molar-refractivity contribution is -0.134. The van der Waals surface area contributed by atoms with Crippen molar-refractivity contribution >= 4 is 16.8 Å². The maximum atomic E-state index is 12.4. The summed E-state index contributed by atoms with van der Waals surface area (Å²) in [7, 11) is 1.69. The predicted molar refractivity (Wildman–Crippen MR) is 105 cm³/mol. The van der Waals surface area contributed by atoms with Crippen LogP contribution >= 0.6 is 0 Å². The van der Waals surface area contributed by atoms with Crippen molar-refractivity contribution in [2.75, 3.05) is 26.8 Å². The number of nitrogens with zero attached hydrogens (tertiary/aromatic N) is 1. The van der Waals surface area contributed by atoms with E-state index in [-0.39, 0.29) is 12.5 Å². The summed E-state index contributed by atoms with van der Waals surface area (Å²) < 4.78 is 11.0. The van der Waals surface area contributed by atoms with Crippen LogP contribution < -0.4 is 9.47 Å². The molecule has 0 bridgehead atoms. The molecule has 0 unspecified atom stereocenters. The van der Waals surface area contributed by atoms with Gasteiger partial charge in [0.15, 0.2) is 6.61 Å². The molecule has 4 rings (SSSR count). The Kier molecular flexibility index (Phi) is 5.01. The number of ether oxygens (including phenoxy) is 2. The quantitative estimate of drug-likeness (QED) is 0.745. The minimum absolute atomic E-state index is 0.0536. The van der Waals surface area contributed by atoms with E-state index in [0.717, 1.165) is 42.9 Å². The number of aromatic amines is 1. The summed E-state index contributed by atoms with van der Waals surface area (Å²) in [6.45, 7) is 1.62. The molecule has 1 aliphatic heterocycles. The van der Waals surface area contributed by atoms with Gasteiger partial charge in [-0.15, -0.1) is 0 Å². The van der Waals surface area contributed by atoms with Crippen molar-refractivity contribution < 1.29 is 14.3 Å². The molecule has 1 fully saturated rings. The molecule has 1 amide bonds. The second-order valence-electron chi connectivity index (χ2n) is 6.91. The fourth-order valence-corrected chi connectivity index (χ4v) is 3.78. The van der Waals surface area contributed by atoms with Gasteiger partial charge in [-0.05, 0) is 54.7 Å². The van der Waals surface area contributed by atoms with Gasteiger partial charge in [0.2, 0.25) is 0 Å². The molecular weight excluding hydrogens is 340 g/mol. The Balaban J connectivity index is 1.37. The molecule has 0 saturated carbocycles. The van der Waals surface area contributed by atoms with Gasteiger partial charge in [-0.1, -0.05) is 18.2 Å². The smallest absolute Gasteiger partial charge is 0.260 e. The minimum Gasteiger partial charge on any atom is -0.497 e. The Hall–Kier alpha value is -2.95. The molecule has 1 N–H and O–H groups in total. The van der Waals surface area contributed by atoms with E-state index in [4.69, 9.17) is 9.47 Å². The number of carbonyl (C=O) groups excluding carboxylic acids is 1. The first kappa shape index (κ1) is 17.5. The van der Waals surface area contributed by atoms with E-state index in [1.165, 1.54) is 10.9 Å². The minimum atomic E-state index is 0.0536. The first-order valence-electron chi connectivity index (χ1n) is 9.35. The third-order valence-corrected chi connectivity index (χ3v) is 5.31. The highest BCUT2D eigenvalue weighted by atomic mass is 16.5. The van der Waals surface area contributed by atoms with Crippen molar-refractivity contribution in [2.45, 2.75) is 18.8 Å². The molecule has 0 atom stereocenters. The number of piperidine rings is 1. The van der Waals surface area contributed by atoms with E-state index in [1.807, 2.05) is 41.3 Å². The summed E-state index contributed by atoms with van der Waals surface area (Å²) in [6, 6.07) is 15.6. The Bertz CT molecular complexity index is 912. The molecule has 140 valence electrons. The Morgan fingerprint density at radius 2 is 1.89 bits per heavy atom. The molecule has 2 aromatic carbocycles. The van der Waals surface area contributed by atoms with Gasteiger partial charge in [0.25, 0.3) is 5.91 Å². The number of aromatic nitrogens is 1. The number of benzene rings is 2. The predicted octanol–water partition coefficient (Wildman–Crippen LogP) is 3.96. The lowest BCUT2D eigenvalue weighted by Crippen LogP contribution is -2.40. The van der Waals surface area contributed by atoms with Gasteiger partial charge in [0.1, 0.15) is 11.5 Å². The molecule has 27 heavy (non-hydrogen) atoms. The summed E-state index contributed by atoms with van der Waals surface area (Å²) >= 11 is 0. The average molecular weight is 364 g/mol. The number of likely N-dealkylation sites (tertiary alicyclic amines) is 1. The van der Waals surface area contributed by atoms with E-state index in [2.05, 4.69) is 23.3 Å². The van der Waals surface area contributed by atoms with Crippen LogP contribution in [-0.2, 0) is 4.79 Å². The zero-order valence-corrected chi connectivity index (χ0v) is 15.5. The molecular formula is C22H24N2O3. The van der Waals surface area contributed by atoms with Crippen molar-refractivity contribution in [3.63, 3.8) is 0 Å². The lowest BCUT2D eigenvalue weighted by Gasteiger charge is -2.32. The second-order valence-corrected chi connectivity index (χ2v) is 6.91. The molecule has 3 aromatic rings. The van der Waals surface area contributed by atoms with Crippen molar-refractivity contribution in [1.82, 2.24) is 9.88 Å². The zero-order valence-electron chi connectivity index (χ0n) is 15.5. The molecule has 0 aliphatic carbocycles. The van der Waals surface area contributed by atoms with Crippen LogP contribution in [0.1, 0.15) is 24.3 Å². The highest BCUT2D eigenvalue weighted by Crippen LogP contribution is 2.34. The van der Waals surface area contributed by atoms with Gasteiger partial charge < -0.3 is 19.4 Å². The van der Waals surface area contributed by atoms with Crippen LogP contribution in [0.4, 0.5) is 0 Å². The number of methoxy groups -OCH3 is 1. The van der Waals surface area contributed by atoms with E-state index in [0.29, 0.717) is 5.92 Å². The van der Waals surface area contributed by atoms with Crippen LogP contribution in [0.2, 0.25) is 0 Å². The molecule has 0 radical (unpaired) electrons. The fourth-order valence-electron chi connectivity index (χ4n) is 3.78. The number of nitrogens with one attached hydrogen (secondary N) is 1. The van der Waals surface area contributed by atoms with Gasteiger partial charge in [-0.25, -0.2) is 0 Å². The number of amides is 1. The summed E-state index contributed by atoms with van der Waals surface area (Å²) in [5.74, 6) is 2.10. The van der Waals surface area contributed by atoms with Crippen LogP contribution in [0, 0.1) is 0 Å². The van der Waals surface area contributed by atoms with E-state index in [9.17, 15) is 4.79 Å². The van der Waals surface area contributed by atoms with Gasteiger partial charge in [0.05, 0.1) is 7.11 Å². The van der Waals surface area contributed by atoms with Crippen LogP contribution in [0.15, 0.2) is 54.7 Å². The number of fused-ring (bicyclic) bond motifs is 1. The average Bonchev–Trinajstić information content (AvgIpc) is 3.16. The number of hydrogen-bond acceptors (Lipinski definition) is 3. The van der Waals surface area contributed by atoms with Crippen LogP contribution in [0.3, 0.4) is 0 Å². The monoisotopic (exact) mass is 364 g/mol. The third kappa shape index (κ3) is 3.77. The topological polar surface area (TPSA) is 54.6 Å². The molecule has 2 heterocycles. The van der Waals surface area contributed by atoms with E-state index < -0.39 is 0 Å². The van der Waals surface area contributed by atoms with Gasteiger partial charge in [-0.3, -0.25) is 4.79 Å². The molecule has 1 aromatic heterocycles. The van der Waals surface area contributed by atoms with Crippen LogP contribution in [0.5, 0.6) is 11.5 Å². The first-order chi connectivity index (χ1) is 13.2. The van der Waals surface area contributed by atoms with Crippen molar-refractivity contribution in [2.24, 2.45) is 0 Å². The van der Waals surface area contributed by atoms with Gasteiger partial charge in [0, 0.05) is 30.2 Å². The van der Waals surface area contributed by atoms with E-state index >= 15 is 0 Å². The maximum Gasteiger partial charge on any atom is 0.260 e. The van der Waals surface area contributed by atoms with Crippen molar-refractivity contribution in [3.05, 3.63) is 60.3 Å². The summed E-state index contributed by atoms with van der Waals surface area (Å²) in [5.41, 5.74) is 2.44. The van der Waals surface area contributed by atoms with Crippen LogP contribution in [-0.4, -0.2) is 42.6 Å². The lowest BCUT2D eigenvalue weighted by atomic mass is 9.89. The largest absolute Gasteiger partial charge is 0.497 e. The van der Waals surface area contributed by atoms with Crippen LogP contribution in [0.25, 0.3) is 10.9 Å². The molecule has 0 spiro atoms. The van der Waals surface area contributed by atoms with E-state index in [1.54, 1.807) is 7.11 Å². The Morgan fingerprint density at radius 3 is 2.63 bits per heavy atom. The standard InChI is InChI=1S/C22H24N2O3/c1-26-18-7-8-21-19(13-18)20(14-23-21)16-9-11-24(12-10-16)22(25)15-27-17-5-3-2-4-6-17/h2-8,13-14,16,23H,9-12,15H2,1H3. The number of carbonyl (C=O) groups is 1. The highest BCUT2D eigenvalue weighted by molar-refractivity contribution is 5.85. The third-order valence-electron chi connectivity index (χ3n) is 5.31. The van der Waals surface area contributed by atoms with Gasteiger partial charge >= 0.3 is 0 Å². The molecule has 1 saturated heterocycles. The van der Waals surface area contributed by atoms with Crippen molar-refractivity contribution in [1.29, 1.82) is 0 Å². The van der Waals surface area contributed by atoms with Gasteiger partial charge in [-0.2, -0.15) is 0 Å². The SMILES string of the molecule is COc1ccc2[nH]cc(C3CCN(C(=O)COc4ccccc4)CC3)c2c1. The number of rotatable bonds is 5. The Labute approximate surface area is 158 Å². The highest BCUT2D eigenvalue weighted by Gasteiger charge is 2.25.